The molecule has 142 valence electrons. The average molecular weight is 418 g/mol. The van der Waals surface area contributed by atoms with Crippen molar-refractivity contribution < 1.29 is 4.39 Å². The third kappa shape index (κ3) is 4.18. The minimum absolute atomic E-state index is 0. The van der Waals surface area contributed by atoms with Crippen molar-refractivity contribution in [2.45, 2.75) is 18.4 Å². The maximum Gasteiger partial charge on any atom is 0.123 e. The molecule has 26 heavy (non-hydrogen) atoms. The lowest BCUT2D eigenvalue weighted by atomic mass is 9.93. The van der Waals surface area contributed by atoms with Crippen LogP contribution >= 0.6 is 36.4 Å². The van der Waals surface area contributed by atoms with Crippen molar-refractivity contribution in [3.05, 3.63) is 70.0 Å². The van der Waals surface area contributed by atoms with E-state index in [9.17, 15) is 4.39 Å². The summed E-state index contributed by atoms with van der Waals surface area (Å²) in [6.45, 7) is 4.38. The van der Waals surface area contributed by atoms with Gasteiger partial charge in [0.15, 0.2) is 0 Å². The molecule has 0 saturated carbocycles. The van der Waals surface area contributed by atoms with E-state index >= 15 is 0 Å². The molecule has 2 aromatic rings. The van der Waals surface area contributed by atoms with Crippen molar-refractivity contribution in [3.63, 3.8) is 0 Å². The molecule has 6 heteroatoms. The first-order valence-electron chi connectivity index (χ1n) is 8.59. The van der Waals surface area contributed by atoms with E-state index in [4.69, 9.17) is 11.6 Å². The van der Waals surface area contributed by atoms with Gasteiger partial charge in [0, 0.05) is 43.2 Å². The number of hydrogen-bond donors (Lipinski definition) is 0. The molecule has 0 bridgehead atoms. The van der Waals surface area contributed by atoms with E-state index in [-0.39, 0.29) is 30.6 Å². The van der Waals surface area contributed by atoms with Gasteiger partial charge in [-0.3, -0.25) is 4.90 Å². The fourth-order valence-corrected chi connectivity index (χ4v) is 4.30. The zero-order valence-corrected chi connectivity index (χ0v) is 17.1. The van der Waals surface area contributed by atoms with Crippen molar-refractivity contribution >= 4 is 36.4 Å². The van der Waals surface area contributed by atoms with Gasteiger partial charge in [-0.15, -0.1) is 24.8 Å². The molecule has 2 atom stereocenters. The summed E-state index contributed by atoms with van der Waals surface area (Å²) < 4.78 is 13.3. The van der Waals surface area contributed by atoms with Crippen molar-refractivity contribution in [3.8, 4) is 0 Å². The Morgan fingerprint density at radius 3 is 2.23 bits per heavy atom. The molecule has 0 radical (unpaired) electrons. The van der Waals surface area contributed by atoms with Gasteiger partial charge in [-0.05, 0) is 54.4 Å². The smallest absolute Gasteiger partial charge is 0.123 e. The zero-order chi connectivity index (χ0) is 16.7. The maximum atomic E-state index is 13.3. The molecule has 0 N–H and O–H groups in total. The average Bonchev–Trinajstić information content (AvgIpc) is 2.95. The molecular formula is C20H24Cl3FN2. The van der Waals surface area contributed by atoms with Crippen LogP contribution in [0.4, 0.5) is 4.39 Å². The molecule has 0 unspecified atom stereocenters. The fourth-order valence-electron chi connectivity index (χ4n) is 4.12. The summed E-state index contributed by atoms with van der Waals surface area (Å²) in [4.78, 5) is 4.96. The third-order valence-corrected chi connectivity index (χ3v) is 5.73. The Balaban J connectivity index is 0.00000121. The van der Waals surface area contributed by atoms with Gasteiger partial charge in [0.25, 0.3) is 0 Å². The Morgan fingerprint density at radius 2 is 1.58 bits per heavy atom. The summed E-state index contributed by atoms with van der Waals surface area (Å²) in [6.07, 6.45) is 1.05. The van der Waals surface area contributed by atoms with E-state index < -0.39 is 0 Å². The van der Waals surface area contributed by atoms with Crippen LogP contribution in [0.5, 0.6) is 0 Å². The summed E-state index contributed by atoms with van der Waals surface area (Å²) in [5.74, 6) is 0.145. The normalized spacial score (nSPS) is 23.0. The van der Waals surface area contributed by atoms with Gasteiger partial charge in [-0.1, -0.05) is 29.8 Å². The Morgan fingerprint density at radius 1 is 0.923 bits per heavy atom. The third-order valence-electron chi connectivity index (χ3n) is 5.49. The SMILES string of the molecule is CN1CCN([C@H]2C[C@H](c3ccc(F)cc3)c3ccc(Cl)cc32)CC1.Cl.Cl. The number of fused-ring (bicyclic) bond motifs is 1. The van der Waals surface area contributed by atoms with Gasteiger partial charge in [-0.2, -0.15) is 0 Å². The van der Waals surface area contributed by atoms with E-state index in [0.717, 1.165) is 37.6 Å². The molecule has 1 heterocycles. The van der Waals surface area contributed by atoms with E-state index in [1.807, 2.05) is 18.2 Å². The molecule has 0 amide bonds. The van der Waals surface area contributed by atoms with Crippen LogP contribution in [-0.2, 0) is 0 Å². The first-order valence-corrected chi connectivity index (χ1v) is 8.97. The molecule has 1 aliphatic heterocycles. The van der Waals surface area contributed by atoms with Gasteiger partial charge in [-0.25, -0.2) is 4.39 Å². The number of benzene rings is 2. The summed E-state index contributed by atoms with van der Waals surface area (Å²) >= 11 is 6.29. The highest BCUT2D eigenvalue weighted by molar-refractivity contribution is 6.30. The predicted octanol–water partition coefficient (Wildman–Crippen LogP) is 5.15. The van der Waals surface area contributed by atoms with Crippen molar-refractivity contribution in [2.24, 2.45) is 0 Å². The van der Waals surface area contributed by atoms with Crippen LogP contribution in [0.25, 0.3) is 0 Å². The maximum absolute atomic E-state index is 13.3. The van der Waals surface area contributed by atoms with E-state index in [1.54, 1.807) is 12.1 Å². The number of likely N-dealkylation sites (N-methyl/N-ethyl adjacent to an activating group) is 1. The highest BCUT2D eigenvalue weighted by Gasteiger charge is 2.36. The van der Waals surface area contributed by atoms with Gasteiger partial charge in [0.05, 0.1) is 0 Å². The molecule has 1 saturated heterocycles. The Bertz CT molecular complexity index is 730. The summed E-state index contributed by atoms with van der Waals surface area (Å²) in [6, 6.07) is 13.6. The van der Waals surface area contributed by atoms with Crippen molar-refractivity contribution in [1.82, 2.24) is 9.80 Å². The highest BCUT2D eigenvalue weighted by Crippen LogP contribution is 2.47. The van der Waals surface area contributed by atoms with Crippen LogP contribution in [-0.4, -0.2) is 43.0 Å². The molecule has 2 aliphatic rings. The molecule has 2 nitrogen and oxygen atoms in total. The number of hydrogen-bond acceptors (Lipinski definition) is 2. The van der Waals surface area contributed by atoms with Crippen molar-refractivity contribution in [2.75, 3.05) is 33.2 Å². The number of halogens is 4. The number of piperazine rings is 1. The first-order chi connectivity index (χ1) is 11.6. The van der Waals surface area contributed by atoms with Gasteiger partial charge >= 0.3 is 0 Å². The minimum atomic E-state index is -0.177. The second-order valence-electron chi connectivity index (χ2n) is 6.97. The zero-order valence-electron chi connectivity index (χ0n) is 14.7. The van der Waals surface area contributed by atoms with Crippen LogP contribution < -0.4 is 0 Å². The molecule has 4 rings (SSSR count). The molecular weight excluding hydrogens is 394 g/mol. The van der Waals surface area contributed by atoms with E-state index in [1.165, 1.54) is 16.7 Å². The Hall–Kier alpha value is -0.840. The lowest BCUT2D eigenvalue weighted by molar-refractivity contribution is 0.110. The Labute approximate surface area is 172 Å². The fraction of sp³-hybridized carbons (Fsp3) is 0.400. The molecule has 2 aromatic carbocycles. The van der Waals surface area contributed by atoms with Gasteiger partial charge < -0.3 is 4.90 Å². The van der Waals surface area contributed by atoms with Crippen LogP contribution in [0.15, 0.2) is 42.5 Å². The summed E-state index contributed by atoms with van der Waals surface area (Å²) in [5.41, 5.74) is 3.88. The summed E-state index contributed by atoms with van der Waals surface area (Å²) in [7, 11) is 2.18. The molecule has 1 fully saturated rings. The lowest BCUT2D eigenvalue weighted by Crippen LogP contribution is -2.45. The van der Waals surface area contributed by atoms with Gasteiger partial charge in [0.2, 0.25) is 0 Å². The van der Waals surface area contributed by atoms with Gasteiger partial charge in [0.1, 0.15) is 5.82 Å². The molecule has 1 aliphatic carbocycles. The van der Waals surface area contributed by atoms with Crippen LogP contribution in [0, 0.1) is 5.82 Å². The minimum Gasteiger partial charge on any atom is -0.304 e. The van der Waals surface area contributed by atoms with E-state index in [2.05, 4.69) is 29.0 Å². The largest absolute Gasteiger partial charge is 0.304 e. The quantitative estimate of drug-likeness (QED) is 0.667. The van der Waals surface area contributed by atoms with Crippen LogP contribution in [0.1, 0.15) is 35.1 Å². The van der Waals surface area contributed by atoms with Crippen LogP contribution in [0.3, 0.4) is 0 Å². The van der Waals surface area contributed by atoms with E-state index in [0.29, 0.717) is 12.0 Å². The predicted molar refractivity (Wildman–Crippen MR) is 111 cm³/mol. The highest BCUT2D eigenvalue weighted by atomic mass is 35.5. The second-order valence-corrected chi connectivity index (χ2v) is 7.40. The molecule has 0 aromatic heterocycles. The lowest BCUT2D eigenvalue weighted by Gasteiger charge is -2.37. The molecule has 0 spiro atoms. The standard InChI is InChI=1S/C20H22ClFN2.2ClH/c1-23-8-10-24(11-9-23)20-13-18(14-2-5-16(22)6-3-14)17-7-4-15(21)12-19(17)20;;/h2-7,12,18,20H,8-11,13H2,1H3;2*1H/t18-,20+;;/m1../s1. The first kappa shape index (κ1) is 21.5. The number of rotatable bonds is 2. The Kier molecular flexibility index (Phi) is 7.35. The topological polar surface area (TPSA) is 6.48 Å². The summed E-state index contributed by atoms with van der Waals surface area (Å²) in [5, 5.41) is 0.799. The van der Waals surface area contributed by atoms with Crippen molar-refractivity contribution in [1.29, 1.82) is 0 Å². The monoisotopic (exact) mass is 416 g/mol. The van der Waals surface area contributed by atoms with Crippen LogP contribution in [0.2, 0.25) is 5.02 Å². The number of nitrogens with zero attached hydrogens (tertiary/aromatic N) is 2. The second kappa shape index (κ2) is 8.90.